The average molecular weight is 271 g/mol. The molecule has 0 atom stereocenters. The molecule has 5 nitrogen and oxygen atoms in total. The molecule has 2 aromatic rings. The predicted octanol–water partition coefficient (Wildman–Crippen LogP) is 1.75. The minimum atomic E-state index is -0.0786. The Hall–Kier alpha value is -2.56. The fourth-order valence-electron chi connectivity index (χ4n) is 1.65. The molecule has 0 aliphatic heterocycles. The van der Waals surface area contributed by atoms with Crippen LogP contribution < -0.4 is 15.8 Å². The number of aromatic nitrogens is 1. The van der Waals surface area contributed by atoms with Crippen LogP contribution in [0.5, 0.6) is 5.75 Å². The van der Waals surface area contributed by atoms with Gasteiger partial charge in [-0.1, -0.05) is 18.2 Å². The summed E-state index contributed by atoms with van der Waals surface area (Å²) in [6, 6.07) is 12.8. The number of rotatable bonds is 6. The zero-order valence-corrected chi connectivity index (χ0v) is 11.1. The van der Waals surface area contributed by atoms with Gasteiger partial charge in [0.2, 0.25) is 5.91 Å². The van der Waals surface area contributed by atoms with Crippen molar-refractivity contribution in [3.05, 3.63) is 54.4 Å². The number of hydrogen-bond donors (Lipinski definition) is 2. The van der Waals surface area contributed by atoms with Crippen LogP contribution in [0.4, 0.5) is 5.69 Å². The number of benzene rings is 1. The lowest BCUT2D eigenvalue weighted by atomic mass is 10.3. The van der Waals surface area contributed by atoms with Gasteiger partial charge in [-0.2, -0.15) is 0 Å². The summed E-state index contributed by atoms with van der Waals surface area (Å²) >= 11 is 0. The van der Waals surface area contributed by atoms with Crippen molar-refractivity contribution in [2.45, 2.75) is 13.0 Å². The van der Waals surface area contributed by atoms with E-state index >= 15 is 0 Å². The van der Waals surface area contributed by atoms with Gasteiger partial charge in [0.25, 0.3) is 0 Å². The molecule has 0 saturated heterocycles. The Morgan fingerprint density at radius 2 is 2.00 bits per heavy atom. The van der Waals surface area contributed by atoms with Gasteiger partial charge in [0, 0.05) is 6.20 Å². The average Bonchev–Trinajstić information content (AvgIpc) is 2.48. The Bertz CT molecular complexity index is 558. The number of anilines is 1. The molecule has 5 heteroatoms. The van der Waals surface area contributed by atoms with Crippen LogP contribution in [0.25, 0.3) is 0 Å². The summed E-state index contributed by atoms with van der Waals surface area (Å²) in [5.41, 5.74) is 7.14. The van der Waals surface area contributed by atoms with Gasteiger partial charge in [-0.3, -0.25) is 9.78 Å². The SMILES string of the molecule is Nc1ccccc1OCCC(=O)NCc1ccccn1. The fraction of sp³-hybridized carbons (Fsp3) is 0.200. The fourth-order valence-corrected chi connectivity index (χ4v) is 1.65. The monoisotopic (exact) mass is 271 g/mol. The summed E-state index contributed by atoms with van der Waals surface area (Å²) in [6.07, 6.45) is 1.98. The largest absolute Gasteiger partial charge is 0.491 e. The molecule has 0 fully saturated rings. The summed E-state index contributed by atoms with van der Waals surface area (Å²) < 4.78 is 5.46. The van der Waals surface area contributed by atoms with Crippen molar-refractivity contribution in [2.75, 3.05) is 12.3 Å². The van der Waals surface area contributed by atoms with Gasteiger partial charge in [-0.25, -0.2) is 0 Å². The number of nitrogens with two attached hydrogens (primary N) is 1. The van der Waals surface area contributed by atoms with Gasteiger partial charge in [0.05, 0.1) is 31.0 Å². The van der Waals surface area contributed by atoms with Gasteiger partial charge in [-0.15, -0.1) is 0 Å². The smallest absolute Gasteiger partial charge is 0.223 e. The number of nitrogen functional groups attached to an aromatic ring is 1. The number of amides is 1. The number of carbonyl (C=O) groups excluding carboxylic acids is 1. The van der Waals surface area contributed by atoms with Gasteiger partial charge in [0.15, 0.2) is 0 Å². The van der Waals surface area contributed by atoms with Crippen molar-refractivity contribution in [1.29, 1.82) is 0 Å². The van der Waals surface area contributed by atoms with E-state index in [1.807, 2.05) is 30.3 Å². The normalized spacial score (nSPS) is 10.0. The van der Waals surface area contributed by atoms with E-state index in [0.29, 0.717) is 24.6 Å². The zero-order chi connectivity index (χ0) is 14.2. The molecular weight excluding hydrogens is 254 g/mol. The maximum absolute atomic E-state index is 11.6. The number of hydrogen-bond acceptors (Lipinski definition) is 4. The first-order valence-electron chi connectivity index (χ1n) is 6.39. The van der Waals surface area contributed by atoms with Crippen molar-refractivity contribution in [2.24, 2.45) is 0 Å². The van der Waals surface area contributed by atoms with Gasteiger partial charge in [0.1, 0.15) is 5.75 Å². The van der Waals surface area contributed by atoms with E-state index in [1.165, 1.54) is 0 Å². The number of nitrogens with one attached hydrogen (secondary N) is 1. The number of ether oxygens (including phenoxy) is 1. The maximum atomic E-state index is 11.6. The predicted molar refractivity (Wildman–Crippen MR) is 77.1 cm³/mol. The van der Waals surface area contributed by atoms with E-state index in [1.54, 1.807) is 18.3 Å². The molecule has 0 spiro atoms. The van der Waals surface area contributed by atoms with Crippen LogP contribution >= 0.6 is 0 Å². The highest BCUT2D eigenvalue weighted by Gasteiger charge is 2.03. The van der Waals surface area contributed by atoms with Crippen molar-refractivity contribution < 1.29 is 9.53 Å². The van der Waals surface area contributed by atoms with Crippen LogP contribution in [0.2, 0.25) is 0 Å². The van der Waals surface area contributed by atoms with E-state index in [2.05, 4.69) is 10.3 Å². The third-order valence-electron chi connectivity index (χ3n) is 2.70. The maximum Gasteiger partial charge on any atom is 0.223 e. The lowest BCUT2D eigenvalue weighted by Gasteiger charge is -2.08. The van der Waals surface area contributed by atoms with Crippen LogP contribution in [-0.2, 0) is 11.3 Å². The third kappa shape index (κ3) is 4.28. The van der Waals surface area contributed by atoms with Crippen LogP contribution in [-0.4, -0.2) is 17.5 Å². The van der Waals surface area contributed by atoms with Crippen LogP contribution in [0.1, 0.15) is 12.1 Å². The van der Waals surface area contributed by atoms with Crippen LogP contribution in [0.15, 0.2) is 48.7 Å². The molecule has 0 unspecified atom stereocenters. The summed E-state index contributed by atoms with van der Waals surface area (Å²) in [5.74, 6) is 0.523. The zero-order valence-electron chi connectivity index (χ0n) is 11.1. The lowest BCUT2D eigenvalue weighted by molar-refractivity contribution is -0.121. The first kappa shape index (κ1) is 13.9. The van der Waals surface area contributed by atoms with Crippen molar-refractivity contribution in [1.82, 2.24) is 10.3 Å². The topological polar surface area (TPSA) is 77.2 Å². The number of pyridine rings is 1. The van der Waals surface area contributed by atoms with Gasteiger partial charge in [-0.05, 0) is 24.3 Å². The number of para-hydroxylation sites is 2. The van der Waals surface area contributed by atoms with Crippen molar-refractivity contribution in [3.63, 3.8) is 0 Å². The standard InChI is InChI=1S/C15H17N3O2/c16-13-6-1-2-7-14(13)20-10-8-15(19)18-11-12-5-3-4-9-17-12/h1-7,9H,8,10-11,16H2,(H,18,19). The van der Waals surface area contributed by atoms with E-state index in [9.17, 15) is 4.79 Å². The molecule has 1 amide bonds. The highest BCUT2D eigenvalue weighted by Crippen LogP contribution is 2.19. The highest BCUT2D eigenvalue weighted by atomic mass is 16.5. The molecule has 1 aromatic carbocycles. The Labute approximate surface area is 117 Å². The molecule has 0 aliphatic rings. The Balaban J connectivity index is 1.69. The molecule has 0 bridgehead atoms. The van der Waals surface area contributed by atoms with Crippen LogP contribution in [0.3, 0.4) is 0 Å². The van der Waals surface area contributed by atoms with Crippen molar-refractivity contribution >= 4 is 11.6 Å². The van der Waals surface area contributed by atoms with E-state index in [4.69, 9.17) is 10.5 Å². The van der Waals surface area contributed by atoms with Crippen LogP contribution in [0, 0.1) is 0 Å². The lowest BCUT2D eigenvalue weighted by Crippen LogP contribution is -2.24. The van der Waals surface area contributed by atoms with Gasteiger partial charge < -0.3 is 15.8 Å². The minimum Gasteiger partial charge on any atom is -0.491 e. The van der Waals surface area contributed by atoms with E-state index in [-0.39, 0.29) is 12.3 Å². The Kier molecular flexibility index (Phi) is 4.94. The molecule has 0 aliphatic carbocycles. The number of carbonyl (C=O) groups is 1. The minimum absolute atomic E-state index is 0.0786. The Morgan fingerprint density at radius 1 is 1.20 bits per heavy atom. The molecule has 20 heavy (non-hydrogen) atoms. The molecule has 1 heterocycles. The van der Waals surface area contributed by atoms with Gasteiger partial charge >= 0.3 is 0 Å². The summed E-state index contributed by atoms with van der Waals surface area (Å²) in [4.78, 5) is 15.8. The summed E-state index contributed by atoms with van der Waals surface area (Å²) in [7, 11) is 0. The Morgan fingerprint density at radius 3 is 2.75 bits per heavy atom. The molecule has 104 valence electrons. The van der Waals surface area contributed by atoms with E-state index < -0.39 is 0 Å². The number of nitrogens with zero attached hydrogens (tertiary/aromatic N) is 1. The first-order valence-corrected chi connectivity index (χ1v) is 6.39. The molecule has 3 N–H and O–H groups in total. The second kappa shape index (κ2) is 7.13. The molecular formula is C15H17N3O2. The summed E-state index contributed by atoms with van der Waals surface area (Å²) in [5, 5.41) is 2.79. The van der Waals surface area contributed by atoms with E-state index in [0.717, 1.165) is 5.69 Å². The second-order valence-electron chi connectivity index (χ2n) is 4.23. The quantitative estimate of drug-likeness (QED) is 0.785. The summed E-state index contributed by atoms with van der Waals surface area (Å²) in [6.45, 7) is 0.718. The highest BCUT2D eigenvalue weighted by molar-refractivity contribution is 5.75. The second-order valence-corrected chi connectivity index (χ2v) is 4.23. The molecule has 0 radical (unpaired) electrons. The first-order chi connectivity index (χ1) is 9.75. The van der Waals surface area contributed by atoms with Crippen molar-refractivity contribution in [3.8, 4) is 5.75 Å². The molecule has 2 rings (SSSR count). The molecule has 0 saturated carbocycles. The third-order valence-corrected chi connectivity index (χ3v) is 2.70. The molecule has 1 aromatic heterocycles.